The van der Waals surface area contributed by atoms with Crippen molar-refractivity contribution in [1.29, 1.82) is 0 Å². The first-order chi connectivity index (χ1) is 14.1. The smallest absolute Gasteiger partial charge is 0.416 e. The van der Waals surface area contributed by atoms with Gasteiger partial charge >= 0.3 is 6.09 Å². The van der Waals surface area contributed by atoms with Crippen molar-refractivity contribution in [3.8, 4) is 0 Å². The van der Waals surface area contributed by atoms with Gasteiger partial charge < -0.3 is 5.11 Å². The van der Waals surface area contributed by atoms with Crippen molar-refractivity contribution in [1.82, 2.24) is 0 Å². The van der Waals surface area contributed by atoms with E-state index in [1.165, 1.54) is 4.90 Å². The number of carbonyl (C=O) groups is 1. The largest absolute Gasteiger partial charge is 0.464 e. The summed E-state index contributed by atoms with van der Waals surface area (Å²) in [6.07, 6.45) is 0.328. The standard InChI is InChI=1S/C24H31NO5S/c1-15-8-11-18-21(20(15)23(2,3)4)24(5,6)17-10-9-16(12-13-30-31(7,28)29)14-19(17)25(18)22(26)27/h8-11,14H,12-13H2,1-7H3,(H,26,27). The van der Waals surface area contributed by atoms with E-state index in [0.717, 1.165) is 34.1 Å². The molecule has 0 bridgehead atoms. The summed E-state index contributed by atoms with van der Waals surface area (Å²) in [4.78, 5) is 13.8. The average molecular weight is 446 g/mol. The lowest BCUT2D eigenvalue weighted by Crippen LogP contribution is -2.38. The second-order valence-electron chi connectivity index (χ2n) is 9.77. The zero-order valence-corrected chi connectivity index (χ0v) is 20.1. The summed E-state index contributed by atoms with van der Waals surface area (Å²) >= 11 is 0. The number of anilines is 2. The molecular weight excluding hydrogens is 414 g/mol. The molecule has 7 heteroatoms. The van der Waals surface area contributed by atoms with Gasteiger partial charge in [0.15, 0.2) is 0 Å². The molecule has 31 heavy (non-hydrogen) atoms. The molecule has 1 aliphatic heterocycles. The van der Waals surface area contributed by atoms with Gasteiger partial charge in [-0.2, -0.15) is 8.42 Å². The van der Waals surface area contributed by atoms with E-state index >= 15 is 0 Å². The Labute approximate surface area is 185 Å². The molecular formula is C24H31NO5S. The monoisotopic (exact) mass is 445 g/mol. The quantitative estimate of drug-likeness (QED) is 0.649. The lowest BCUT2D eigenvalue weighted by molar-refractivity contribution is 0.204. The zero-order valence-electron chi connectivity index (χ0n) is 19.2. The Morgan fingerprint density at radius 3 is 2.32 bits per heavy atom. The third kappa shape index (κ3) is 4.34. The first-order valence-electron chi connectivity index (χ1n) is 10.3. The summed E-state index contributed by atoms with van der Waals surface area (Å²) < 4.78 is 27.4. The Morgan fingerprint density at radius 1 is 1.13 bits per heavy atom. The minimum atomic E-state index is -3.52. The molecule has 0 saturated heterocycles. The fourth-order valence-electron chi connectivity index (χ4n) is 4.71. The number of amides is 1. The Kier molecular flexibility index (Phi) is 5.74. The van der Waals surface area contributed by atoms with E-state index < -0.39 is 21.6 Å². The second kappa shape index (κ2) is 7.64. The minimum absolute atomic E-state index is 0.0119. The van der Waals surface area contributed by atoms with Gasteiger partial charge in [0.25, 0.3) is 10.1 Å². The molecule has 168 valence electrons. The molecule has 1 aliphatic rings. The number of aryl methyl sites for hydroxylation is 1. The Hall–Kier alpha value is -2.38. The molecule has 0 atom stereocenters. The average Bonchev–Trinajstić information content (AvgIpc) is 2.59. The lowest BCUT2D eigenvalue weighted by Gasteiger charge is -2.43. The van der Waals surface area contributed by atoms with Crippen LogP contribution in [0.4, 0.5) is 16.2 Å². The highest BCUT2D eigenvalue weighted by molar-refractivity contribution is 7.85. The fourth-order valence-corrected chi connectivity index (χ4v) is 5.10. The van der Waals surface area contributed by atoms with Crippen molar-refractivity contribution < 1.29 is 22.5 Å². The van der Waals surface area contributed by atoms with Gasteiger partial charge in [-0.25, -0.2) is 9.69 Å². The molecule has 0 fully saturated rings. The van der Waals surface area contributed by atoms with E-state index in [4.69, 9.17) is 4.18 Å². The van der Waals surface area contributed by atoms with Gasteiger partial charge in [0.05, 0.1) is 24.2 Å². The number of hydrogen-bond donors (Lipinski definition) is 1. The van der Waals surface area contributed by atoms with E-state index in [1.807, 2.05) is 30.3 Å². The van der Waals surface area contributed by atoms with Gasteiger partial charge in [-0.3, -0.25) is 4.18 Å². The van der Waals surface area contributed by atoms with Crippen molar-refractivity contribution in [2.24, 2.45) is 0 Å². The van der Waals surface area contributed by atoms with Crippen LogP contribution in [0.5, 0.6) is 0 Å². The van der Waals surface area contributed by atoms with E-state index in [0.29, 0.717) is 17.8 Å². The van der Waals surface area contributed by atoms with Crippen molar-refractivity contribution in [2.75, 3.05) is 17.8 Å². The fraction of sp³-hybridized carbons (Fsp3) is 0.458. The topological polar surface area (TPSA) is 83.9 Å². The van der Waals surface area contributed by atoms with Gasteiger partial charge in [-0.1, -0.05) is 52.8 Å². The third-order valence-electron chi connectivity index (χ3n) is 5.86. The summed E-state index contributed by atoms with van der Waals surface area (Å²) in [5.74, 6) is 0. The van der Waals surface area contributed by atoms with Crippen LogP contribution in [0.25, 0.3) is 0 Å². The van der Waals surface area contributed by atoms with E-state index in [1.54, 1.807) is 0 Å². The molecule has 0 aromatic heterocycles. The van der Waals surface area contributed by atoms with Gasteiger partial charge in [0, 0.05) is 5.41 Å². The van der Waals surface area contributed by atoms with Crippen LogP contribution in [-0.2, 0) is 31.6 Å². The number of benzene rings is 2. The molecule has 1 N–H and O–H groups in total. The highest BCUT2D eigenvalue weighted by Gasteiger charge is 2.42. The van der Waals surface area contributed by atoms with Crippen molar-refractivity contribution in [3.63, 3.8) is 0 Å². The van der Waals surface area contributed by atoms with Crippen molar-refractivity contribution in [3.05, 3.63) is 58.1 Å². The van der Waals surface area contributed by atoms with Gasteiger partial charge in [-0.05, 0) is 58.7 Å². The van der Waals surface area contributed by atoms with Crippen LogP contribution >= 0.6 is 0 Å². The van der Waals surface area contributed by atoms with Crippen LogP contribution in [-0.4, -0.2) is 32.5 Å². The van der Waals surface area contributed by atoms with Gasteiger partial charge in [-0.15, -0.1) is 0 Å². The van der Waals surface area contributed by atoms with E-state index in [2.05, 4.69) is 41.5 Å². The minimum Gasteiger partial charge on any atom is -0.464 e. The first-order valence-corrected chi connectivity index (χ1v) is 12.1. The predicted octanol–water partition coefficient (Wildman–Crippen LogP) is 5.27. The summed E-state index contributed by atoms with van der Waals surface area (Å²) in [6.45, 7) is 12.8. The molecule has 0 aliphatic carbocycles. The van der Waals surface area contributed by atoms with Crippen molar-refractivity contribution >= 4 is 27.6 Å². The maximum absolute atomic E-state index is 12.4. The van der Waals surface area contributed by atoms with Crippen LogP contribution in [0.15, 0.2) is 30.3 Å². The Balaban J connectivity index is 2.20. The van der Waals surface area contributed by atoms with Crippen LogP contribution in [0.3, 0.4) is 0 Å². The van der Waals surface area contributed by atoms with Crippen LogP contribution < -0.4 is 4.90 Å². The molecule has 2 aromatic rings. The molecule has 2 aromatic carbocycles. The highest BCUT2D eigenvalue weighted by Crippen LogP contribution is 2.52. The molecule has 1 heterocycles. The predicted molar refractivity (Wildman–Crippen MR) is 123 cm³/mol. The maximum Gasteiger partial charge on any atom is 0.416 e. The SMILES string of the molecule is Cc1ccc2c(c1C(C)(C)C)C(C)(C)c1ccc(CCOS(C)(=O)=O)cc1N2C(=O)O. The lowest BCUT2D eigenvalue weighted by atomic mass is 9.66. The summed E-state index contributed by atoms with van der Waals surface area (Å²) in [5.41, 5.74) is 5.78. The molecule has 0 unspecified atom stereocenters. The highest BCUT2D eigenvalue weighted by atomic mass is 32.2. The number of nitrogens with zero attached hydrogens (tertiary/aromatic N) is 1. The van der Waals surface area contributed by atoms with E-state index in [9.17, 15) is 18.3 Å². The van der Waals surface area contributed by atoms with E-state index in [-0.39, 0.29) is 12.0 Å². The molecule has 1 amide bonds. The number of rotatable bonds is 4. The summed E-state index contributed by atoms with van der Waals surface area (Å²) in [6, 6.07) is 9.58. The number of fused-ring (bicyclic) bond motifs is 2. The third-order valence-corrected chi connectivity index (χ3v) is 6.46. The summed E-state index contributed by atoms with van der Waals surface area (Å²) in [5, 5.41) is 10.2. The molecule has 0 saturated carbocycles. The molecule has 0 spiro atoms. The molecule has 6 nitrogen and oxygen atoms in total. The van der Waals surface area contributed by atoms with Crippen LogP contribution in [0.1, 0.15) is 62.4 Å². The first kappa shape index (κ1) is 23.3. The number of hydrogen-bond acceptors (Lipinski definition) is 4. The van der Waals surface area contributed by atoms with Crippen LogP contribution in [0.2, 0.25) is 0 Å². The van der Waals surface area contributed by atoms with Gasteiger partial charge in [0.1, 0.15) is 0 Å². The molecule has 3 rings (SSSR count). The zero-order chi connectivity index (χ0) is 23.4. The maximum atomic E-state index is 12.4. The number of carboxylic acid groups (broad SMARTS) is 1. The van der Waals surface area contributed by atoms with Crippen molar-refractivity contribution in [2.45, 2.75) is 58.8 Å². The second-order valence-corrected chi connectivity index (χ2v) is 11.4. The molecule has 0 radical (unpaired) electrons. The normalized spacial score (nSPS) is 15.4. The summed E-state index contributed by atoms with van der Waals surface area (Å²) in [7, 11) is -3.52. The Morgan fingerprint density at radius 2 is 1.77 bits per heavy atom. The van der Waals surface area contributed by atoms with Gasteiger partial charge in [0.2, 0.25) is 0 Å². The Bertz CT molecular complexity index is 1140. The van der Waals surface area contributed by atoms with Crippen LogP contribution in [0, 0.1) is 6.92 Å².